The van der Waals surface area contributed by atoms with Crippen LogP contribution in [-0.2, 0) is 4.79 Å². The van der Waals surface area contributed by atoms with Crippen LogP contribution >= 0.6 is 0 Å². The summed E-state index contributed by atoms with van der Waals surface area (Å²) in [6.07, 6.45) is 9.44. The molecule has 2 fully saturated rings. The third kappa shape index (κ3) is 1.98. The van der Waals surface area contributed by atoms with Gasteiger partial charge in [-0.25, -0.2) is 4.79 Å². The van der Waals surface area contributed by atoms with Crippen LogP contribution in [-0.4, -0.2) is 34.6 Å². The van der Waals surface area contributed by atoms with Crippen molar-refractivity contribution in [1.82, 2.24) is 4.90 Å². The summed E-state index contributed by atoms with van der Waals surface area (Å²) >= 11 is 0. The van der Waals surface area contributed by atoms with Crippen LogP contribution in [0.5, 0.6) is 0 Å². The first-order chi connectivity index (χ1) is 6.77. The Labute approximate surface area is 84.4 Å². The van der Waals surface area contributed by atoms with Gasteiger partial charge in [0.05, 0.1) is 0 Å². The normalized spacial score (nSPS) is 29.6. The third-order valence-corrected chi connectivity index (χ3v) is 3.35. The monoisotopic (exact) mass is 195 g/mol. The van der Waals surface area contributed by atoms with Crippen LogP contribution in [0.15, 0.2) is 12.2 Å². The zero-order valence-electron chi connectivity index (χ0n) is 8.35. The number of carbonyl (C=O) groups is 1. The lowest BCUT2D eigenvalue weighted by Crippen LogP contribution is -2.42. The molecule has 3 nitrogen and oxygen atoms in total. The predicted molar refractivity (Wildman–Crippen MR) is 54.1 cm³/mol. The molecule has 78 valence electrons. The summed E-state index contributed by atoms with van der Waals surface area (Å²) < 4.78 is 0. The molecule has 1 atom stereocenters. The fraction of sp³-hybridized carbons (Fsp3) is 0.727. The zero-order chi connectivity index (χ0) is 9.97. The lowest BCUT2D eigenvalue weighted by atomic mass is 9.91. The first kappa shape index (κ1) is 9.71. The largest absolute Gasteiger partial charge is 0.478 e. The first-order valence-electron chi connectivity index (χ1n) is 5.44. The number of nitrogens with zero attached hydrogens (tertiary/aromatic N) is 1. The quantitative estimate of drug-likeness (QED) is 0.696. The number of likely N-dealkylation sites (tertiary alicyclic amines) is 1. The molecule has 0 radical (unpaired) electrons. The summed E-state index contributed by atoms with van der Waals surface area (Å²) in [5, 5.41) is 8.56. The smallest absolute Gasteiger partial charge is 0.328 e. The standard InChI is InChI=1S/C11H17NO2/c13-11(14)7-6-10-5-2-8-12(10)9-3-1-4-9/h6-7,9-10H,1-5,8H2,(H,13,14)/b7-6+/t10-/m1/s1. The Morgan fingerprint density at radius 1 is 1.29 bits per heavy atom. The summed E-state index contributed by atoms with van der Waals surface area (Å²) in [4.78, 5) is 12.9. The molecule has 1 heterocycles. The molecule has 14 heavy (non-hydrogen) atoms. The van der Waals surface area contributed by atoms with Crippen molar-refractivity contribution in [3.8, 4) is 0 Å². The topological polar surface area (TPSA) is 40.5 Å². The predicted octanol–water partition coefficient (Wildman–Crippen LogP) is 1.64. The minimum Gasteiger partial charge on any atom is -0.478 e. The van der Waals surface area contributed by atoms with Crippen LogP contribution in [0.3, 0.4) is 0 Å². The van der Waals surface area contributed by atoms with Gasteiger partial charge in [-0.15, -0.1) is 0 Å². The minimum absolute atomic E-state index is 0.386. The number of rotatable bonds is 3. The lowest BCUT2D eigenvalue weighted by molar-refractivity contribution is -0.131. The van der Waals surface area contributed by atoms with E-state index >= 15 is 0 Å². The van der Waals surface area contributed by atoms with Gasteiger partial charge >= 0.3 is 5.97 Å². The molecule has 0 aromatic carbocycles. The van der Waals surface area contributed by atoms with Crippen LogP contribution in [0.4, 0.5) is 0 Å². The van der Waals surface area contributed by atoms with Crippen molar-refractivity contribution in [2.24, 2.45) is 0 Å². The maximum absolute atomic E-state index is 10.4. The average molecular weight is 195 g/mol. The summed E-state index contributed by atoms with van der Waals surface area (Å²) in [5.41, 5.74) is 0. The van der Waals surface area contributed by atoms with E-state index in [1.54, 1.807) is 0 Å². The van der Waals surface area contributed by atoms with Gasteiger partial charge in [-0.3, -0.25) is 4.90 Å². The maximum atomic E-state index is 10.4. The molecule has 1 saturated carbocycles. The Kier molecular flexibility index (Phi) is 2.87. The lowest BCUT2D eigenvalue weighted by Gasteiger charge is -2.37. The molecule has 0 bridgehead atoms. The van der Waals surface area contributed by atoms with E-state index in [0.29, 0.717) is 6.04 Å². The number of aliphatic carboxylic acids is 1. The summed E-state index contributed by atoms with van der Waals surface area (Å²) in [6, 6.07) is 1.12. The zero-order valence-corrected chi connectivity index (χ0v) is 8.35. The highest BCUT2D eigenvalue weighted by Crippen LogP contribution is 2.31. The number of carboxylic acids is 1. The van der Waals surface area contributed by atoms with Gasteiger partial charge in [-0.05, 0) is 32.2 Å². The molecule has 0 spiro atoms. The van der Waals surface area contributed by atoms with E-state index in [9.17, 15) is 4.79 Å². The summed E-state index contributed by atoms with van der Waals surface area (Å²) in [6.45, 7) is 1.15. The molecular formula is C11H17NO2. The van der Waals surface area contributed by atoms with Crippen LogP contribution in [0.2, 0.25) is 0 Å². The van der Waals surface area contributed by atoms with E-state index in [2.05, 4.69) is 4.90 Å². The molecule has 1 aliphatic heterocycles. The molecule has 2 rings (SSSR count). The maximum Gasteiger partial charge on any atom is 0.328 e. The number of carboxylic acid groups (broad SMARTS) is 1. The number of hydrogen-bond acceptors (Lipinski definition) is 2. The van der Waals surface area contributed by atoms with Gasteiger partial charge in [-0.2, -0.15) is 0 Å². The van der Waals surface area contributed by atoms with Crippen LogP contribution in [0.1, 0.15) is 32.1 Å². The van der Waals surface area contributed by atoms with Gasteiger partial charge in [0.1, 0.15) is 0 Å². The average Bonchev–Trinajstić information content (AvgIpc) is 2.46. The third-order valence-electron chi connectivity index (χ3n) is 3.35. The van der Waals surface area contributed by atoms with E-state index in [1.807, 2.05) is 6.08 Å². The van der Waals surface area contributed by atoms with Gasteiger partial charge in [0.25, 0.3) is 0 Å². The van der Waals surface area contributed by atoms with Crippen molar-refractivity contribution >= 4 is 5.97 Å². The van der Waals surface area contributed by atoms with Crippen LogP contribution in [0, 0.1) is 0 Å². The SMILES string of the molecule is O=C(O)/C=C/[C@H]1CCCN1C1CCC1. The van der Waals surface area contributed by atoms with Gasteiger partial charge in [-0.1, -0.05) is 12.5 Å². The molecule has 0 unspecified atom stereocenters. The Bertz CT molecular complexity index is 246. The van der Waals surface area contributed by atoms with E-state index < -0.39 is 5.97 Å². The Hall–Kier alpha value is -0.830. The molecule has 0 aromatic heterocycles. The molecular weight excluding hydrogens is 178 g/mol. The molecule has 0 amide bonds. The fourth-order valence-corrected chi connectivity index (χ4v) is 2.39. The van der Waals surface area contributed by atoms with Crippen molar-refractivity contribution in [3.63, 3.8) is 0 Å². The van der Waals surface area contributed by atoms with Crippen LogP contribution in [0.25, 0.3) is 0 Å². The Morgan fingerprint density at radius 3 is 2.64 bits per heavy atom. The summed E-state index contributed by atoms with van der Waals surface area (Å²) in [7, 11) is 0. The van der Waals surface area contributed by atoms with Gasteiger partial charge in [0, 0.05) is 18.2 Å². The highest BCUT2D eigenvalue weighted by molar-refractivity contribution is 5.79. The van der Waals surface area contributed by atoms with Gasteiger partial charge in [0.15, 0.2) is 0 Å². The van der Waals surface area contributed by atoms with E-state index in [0.717, 1.165) is 19.0 Å². The molecule has 2 aliphatic rings. The first-order valence-corrected chi connectivity index (χ1v) is 5.44. The van der Waals surface area contributed by atoms with E-state index in [4.69, 9.17) is 5.11 Å². The fourth-order valence-electron chi connectivity index (χ4n) is 2.39. The van der Waals surface area contributed by atoms with Crippen molar-refractivity contribution in [1.29, 1.82) is 0 Å². The molecule has 1 aliphatic carbocycles. The van der Waals surface area contributed by atoms with Gasteiger partial charge < -0.3 is 5.11 Å². The second-order valence-electron chi connectivity index (χ2n) is 4.23. The van der Waals surface area contributed by atoms with Crippen molar-refractivity contribution in [3.05, 3.63) is 12.2 Å². The van der Waals surface area contributed by atoms with Gasteiger partial charge in [0.2, 0.25) is 0 Å². The molecule has 1 N–H and O–H groups in total. The van der Waals surface area contributed by atoms with Crippen molar-refractivity contribution < 1.29 is 9.90 Å². The summed E-state index contributed by atoms with van der Waals surface area (Å²) in [5.74, 6) is -0.828. The highest BCUT2D eigenvalue weighted by atomic mass is 16.4. The Balaban J connectivity index is 1.92. The van der Waals surface area contributed by atoms with Crippen LogP contribution < -0.4 is 0 Å². The number of hydrogen-bond donors (Lipinski definition) is 1. The molecule has 1 saturated heterocycles. The molecule has 0 aromatic rings. The second-order valence-corrected chi connectivity index (χ2v) is 4.23. The molecule has 3 heteroatoms. The minimum atomic E-state index is -0.828. The Morgan fingerprint density at radius 2 is 2.07 bits per heavy atom. The van der Waals surface area contributed by atoms with Crippen molar-refractivity contribution in [2.45, 2.75) is 44.2 Å². The van der Waals surface area contributed by atoms with E-state index in [-0.39, 0.29) is 0 Å². The van der Waals surface area contributed by atoms with E-state index in [1.165, 1.54) is 31.8 Å². The second kappa shape index (κ2) is 4.13. The highest BCUT2D eigenvalue weighted by Gasteiger charge is 2.32. The van der Waals surface area contributed by atoms with Crippen molar-refractivity contribution in [2.75, 3.05) is 6.54 Å².